The summed E-state index contributed by atoms with van der Waals surface area (Å²) in [4.78, 5) is 26.1. The number of carboxylic acid groups (broad SMARTS) is 1. The second kappa shape index (κ2) is 5.77. The standard InChI is InChI=1S/C14H11NO4/c16-13(17)11-5-3-10(4-6-11)9-19-14(18)12-2-1-7-15-8-12/h1-8H,9H2,(H,16,17). The van der Waals surface area contributed by atoms with E-state index in [9.17, 15) is 9.59 Å². The van der Waals surface area contributed by atoms with Crippen molar-refractivity contribution in [1.82, 2.24) is 4.98 Å². The molecule has 1 aromatic heterocycles. The molecule has 0 amide bonds. The van der Waals surface area contributed by atoms with Gasteiger partial charge in [-0.2, -0.15) is 0 Å². The molecule has 0 spiro atoms. The normalized spacial score (nSPS) is 9.89. The molecule has 96 valence electrons. The summed E-state index contributed by atoms with van der Waals surface area (Å²) in [5.74, 6) is -1.45. The van der Waals surface area contributed by atoms with E-state index in [0.29, 0.717) is 5.56 Å². The minimum Gasteiger partial charge on any atom is -0.478 e. The lowest BCUT2D eigenvalue weighted by atomic mass is 10.1. The van der Waals surface area contributed by atoms with Gasteiger partial charge in [0, 0.05) is 12.4 Å². The van der Waals surface area contributed by atoms with Crippen LogP contribution in [-0.2, 0) is 11.3 Å². The topological polar surface area (TPSA) is 76.5 Å². The molecule has 0 fully saturated rings. The van der Waals surface area contributed by atoms with E-state index >= 15 is 0 Å². The van der Waals surface area contributed by atoms with Gasteiger partial charge in [0.2, 0.25) is 0 Å². The van der Waals surface area contributed by atoms with E-state index in [-0.39, 0.29) is 12.2 Å². The first-order valence-electron chi connectivity index (χ1n) is 5.56. The first kappa shape index (κ1) is 12.8. The Morgan fingerprint density at radius 1 is 1.11 bits per heavy atom. The van der Waals surface area contributed by atoms with Crippen molar-refractivity contribution in [3.8, 4) is 0 Å². The van der Waals surface area contributed by atoms with Crippen LogP contribution in [0.2, 0.25) is 0 Å². The van der Waals surface area contributed by atoms with E-state index in [1.54, 1.807) is 30.5 Å². The summed E-state index contributed by atoms with van der Waals surface area (Å²) in [5.41, 5.74) is 1.30. The number of hydrogen-bond acceptors (Lipinski definition) is 4. The third kappa shape index (κ3) is 3.38. The number of hydrogen-bond donors (Lipinski definition) is 1. The summed E-state index contributed by atoms with van der Waals surface area (Å²) in [6.07, 6.45) is 3.00. The van der Waals surface area contributed by atoms with Gasteiger partial charge >= 0.3 is 11.9 Å². The third-order valence-corrected chi connectivity index (χ3v) is 2.47. The molecular weight excluding hydrogens is 246 g/mol. The number of rotatable bonds is 4. The molecule has 0 unspecified atom stereocenters. The van der Waals surface area contributed by atoms with E-state index in [1.165, 1.54) is 18.3 Å². The second-order valence-electron chi connectivity index (χ2n) is 3.82. The van der Waals surface area contributed by atoms with Gasteiger partial charge in [0.15, 0.2) is 0 Å². The van der Waals surface area contributed by atoms with E-state index in [1.807, 2.05) is 0 Å². The van der Waals surface area contributed by atoms with Crippen molar-refractivity contribution >= 4 is 11.9 Å². The monoisotopic (exact) mass is 257 g/mol. The molecule has 5 nitrogen and oxygen atoms in total. The molecule has 1 heterocycles. The number of carbonyl (C=O) groups is 2. The number of esters is 1. The average molecular weight is 257 g/mol. The molecule has 0 aliphatic carbocycles. The third-order valence-electron chi connectivity index (χ3n) is 2.47. The molecule has 5 heteroatoms. The first-order valence-corrected chi connectivity index (χ1v) is 5.56. The Hall–Kier alpha value is -2.69. The minimum atomic E-state index is -0.987. The smallest absolute Gasteiger partial charge is 0.340 e. The molecule has 0 bridgehead atoms. The lowest BCUT2D eigenvalue weighted by Gasteiger charge is -2.05. The predicted octanol–water partition coefficient (Wildman–Crippen LogP) is 2.14. The van der Waals surface area contributed by atoms with Crippen LogP contribution in [0.1, 0.15) is 26.3 Å². The van der Waals surface area contributed by atoms with Crippen LogP contribution in [0, 0.1) is 0 Å². The summed E-state index contributed by atoms with van der Waals surface area (Å²) in [6.45, 7) is 0.0909. The van der Waals surface area contributed by atoms with Crippen LogP contribution >= 0.6 is 0 Å². The highest BCUT2D eigenvalue weighted by Crippen LogP contribution is 2.07. The van der Waals surface area contributed by atoms with Crippen molar-refractivity contribution in [1.29, 1.82) is 0 Å². The lowest BCUT2D eigenvalue weighted by molar-refractivity contribution is 0.0471. The Labute approximate surface area is 109 Å². The van der Waals surface area contributed by atoms with Crippen LogP contribution in [0.4, 0.5) is 0 Å². The molecule has 0 saturated heterocycles. The van der Waals surface area contributed by atoms with Crippen LogP contribution < -0.4 is 0 Å². The van der Waals surface area contributed by atoms with E-state index in [4.69, 9.17) is 9.84 Å². The van der Waals surface area contributed by atoms with Crippen LogP contribution in [-0.4, -0.2) is 22.0 Å². The van der Waals surface area contributed by atoms with Gasteiger partial charge in [-0.1, -0.05) is 12.1 Å². The molecule has 2 rings (SSSR count). The largest absolute Gasteiger partial charge is 0.478 e. The summed E-state index contributed by atoms with van der Waals surface area (Å²) in [5, 5.41) is 8.75. The van der Waals surface area contributed by atoms with Crippen molar-refractivity contribution in [2.45, 2.75) is 6.61 Å². The van der Waals surface area contributed by atoms with Gasteiger partial charge in [-0.3, -0.25) is 4.98 Å². The van der Waals surface area contributed by atoms with Gasteiger partial charge in [0.05, 0.1) is 11.1 Å². The summed E-state index contributed by atoms with van der Waals surface area (Å²) < 4.78 is 5.09. The maximum absolute atomic E-state index is 11.6. The number of carboxylic acids is 1. The predicted molar refractivity (Wildman–Crippen MR) is 66.8 cm³/mol. The van der Waals surface area contributed by atoms with Crippen LogP contribution in [0.3, 0.4) is 0 Å². The fraction of sp³-hybridized carbons (Fsp3) is 0.0714. The highest BCUT2D eigenvalue weighted by atomic mass is 16.5. The molecule has 0 radical (unpaired) electrons. The van der Waals surface area contributed by atoms with E-state index < -0.39 is 11.9 Å². The summed E-state index contributed by atoms with van der Waals surface area (Å²) in [7, 11) is 0. The van der Waals surface area contributed by atoms with Gasteiger partial charge in [-0.15, -0.1) is 0 Å². The maximum Gasteiger partial charge on any atom is 0.340 e. The molecule has 19 heavy (non-hydrogen) atoms. The maximum atomic E-state index is 11.6. The molecule has 0 aliphatic rings. The molecule has 0 atom stereocenters. The van der Waals surface area contributed by atoms with Gasteiger partial charge in [0.25, 0.3) is 0 Å². The number of nitrogens with zero attached hydrogens (tertiary/aromatic N) is 1. The van der Waals surface area contributed by atoms with Crippen molar-refractivity contribution < 1.29 is 19.4 Å². The number of carbonyl (C=O) groups excluding carboxylic acids is 1. The van der Waals surface area contributed by atoms with Crippen LogP contribution in [0.15, 0.2) is 48.8 Å². The zero-order valence-electron chi connectivity index (χ0n) is 9.95. The summed E-state index contributed by atoms with van der Waals surface area (Å²) in [6, 6.07) is 9.42. The van der Waals surface area contributed by atoms with Crippen molar-refractivity contribution in [2.75, 3.05) is 0 Å². The Morgan fingerprint density at radius 3 is 2.42 bits per heavy atom. The quantitative estimate of drug-likeness (QED) is 0.849. The van der Waals surface area contributed by atoms with Gasteiger partial charge in [0.1, 0.15) is 6.61 Å². The number of benzene rings is 1. The van der Waals surface area contributed by atoms with Crippen LogP contribution in [0.5, 0.6) is 0 Å². The highest BCUT2D eigenvalue weighted by molar-refractivity contribution is 5.89. The van der Waals surface area contributed by atoms with E-state index in [2.05, 4.69) is 4.98 Å². The van der Waals surface area contributed by atoms with Crippen LogP contribution in [0.25, 0.3) is 0 Å². The number of pyridine rings is 1. The van der Waals surface area contributed by atoms with Crippen molar-refractivity contribution in [2.24, 2.45) is 0 Å². The summed E-state index contributed by atoms with van der Waals surface area (Å²) >= 11 is 0. The number of ether oxygens (including phenoxy) is 1. The zero-order valence-corrected chi connectivity index (χ0v) is 9.95. The lowest BCUT2D eigenvalue weighted by Crippen LogP contribution is -2.05. The zero-order chi connectivity index (χ0) is 13.7. The van der Waals surface area contributed by atoms with Crippen molar-refractivity contribution in [3.63, 3.8) is 0 Å². The Balaban J connectivity index is 1.95. The fourth-order valence-corrected chi connectivity index (χ4v) is 1.46. The first-order chi connectivity index (χ1) is 9.16. The molecular formula is C14H11NO4. The van der Waals surface area contributed by atoms with E-state index in [0.717, 1.165) is 5.56 Å². The molecule has 0 aliphatic heterocycles. The Morgan fingerprint density at radius 2 is 1.84 bits per heavy atom. The molecule has 0 saturated carbocycles. The van der Waals surface area contributed by atoms with Gasteiger partial charge in [-0.25, -0.2) is 9.59 Å². The number of aromatic carboxylic acids is 1. The van der Waals surface area contributed by atoms with Gasteiger partial charge < -0.3 is 9.84 Å². The SMILES string of the molecule is O=C(O)c1ccc(COC(=O)c2cccnc2)cc1. The molecule has 1 aromatic carbocycles. The second-order valence-corrected chi connectivity index (χ2v) is 3.82. The molecule has 2 aromatic rings. The number of aromatic nitrogens is 1. The highest BCUT2D eigenvalue weighted by Gasteiger charge is 2.07. The van der Waals surface area contributed by atoms with Gasteiger partial charge in [-0.05, 0) is 29.8 Å². The minimum absolute atomic E-state index is 0.0909. The Bertz CT molecular complexity index is 578. The average Bonchev–Trinajstić information content (AvgIpc) is 2.46. The Kier molecular flexibility index (Phi) is 3.87. The molecule has 1 N–H and O–H groups in total. The fourth-order valence-electron chi connectivity index (χ4n) is 1.46. The van der Waals surface area contributed by atoms with Crippen molar-refractivity contribution in [3.05, 3.63) is 65.5 Å².